The zero-order valence-electron chi connectivity index (χ0n) is 9.91. The Balaban J connectivity index is 2.36. The van der Waals surface area contributed by atoms with Crippen LogP contribution >= 0.6 is 11.8 Å². The van der Waals surface area contributed by atoms with E-state index in [9.17, 15) is 4.79 Å². The molecule has 2 aromatic rings. The number of primary amides is 1. The Kier molecular flexibility index (Phi) is 4.11. The molecular weight excluding hydrogens is 260 g/mol. The number of amides is 1. The van der Waals surface area contributed by atoms with Gasteiger partial charge in [-0.3, -0.25) is 9.78 Å². The molecular formula is C13H10N4OS. The minimum absolute atomic E-state index is 0.0987. The molecule has 19 heavy (non-hydrogen) atoms. The number of carbonyl (C=O) groups excluding carboxylic acids is 1. The molecule has 0 spiro atoms. The summed E-state index contributed by atoms with van der Waals surface area (Å²) in [5, 5.41) is 9.53. The first-order chi connectivity index (χ1) is 9.20. The fourth-order valence-electron chi connectivity index (χ4n) is 1.46. The van der Waals surface area contributed by atoms with Gasteiger partial charge in [0.25, 0.3) is 0 Å². The standard InChI is InChI=1S/C13H10N4OS/c14-7-10-1-2-11(9-3-5-16-6-4-9)17-13(10)19-8-12(15)18/h1-6H,8H2,(H2,15,18). The SMILES string of the molecule is N#Cc1ccc(-c2ccncc2)nc1SCC(N)=O. The van der Waals surface area contributed by atoms with Crippen molar-refractivity contribution in [2.75, 3.05) is 5.75 Å². The van der Waals surface area contributed by atoms with Crippen molar-refractivity contribution in [2.45, 2.75) is 5.03 Å². The number of aromatic nitrogens is 2. The predicted octanol–water partition coefficient (Wildman–Crippen LogP) is 1.59. The van der Waals surface area contributed by atoms with E-state index in [0.717, 1.165) is 23.0 Å². The highest BCUT2D eigenvalue weighted by molar-refractivity contribution is 7.99. The minimum Gasteiger partial charge on any atom is -0.369 e. The molecule has 94 valence electrons. The molecule has 1 amide bonds. The van der Waals surface area contributed by atoms with Gasteiger partial charge in [-0.05, 0) is 24.3 Å². The van der Waals surface area contributed by atoms with Gasteiger partial charge in [0.1, 0.15) is 11.1 Å². The number of nitrogens with zero attached hydrogens (tertiary/aromatic N) is 3. The molecule has 2 rings (SSSR count). The molecule has 2 heterocycles. The van der Waals surface area contributed by atoms with E-state index >= 15 is 0 Å². The van der Waals surface area contributed by atoms with Crippen LogP contribution in [0.3, 0.4) is 0 Å². The van der Waals surface area contributed by atoms with Gasteiger partial charge in [-0.15, -0.1) is 0 Å². The third kappa shape index (κ3) is 3.30. The lowest BCUT2D eigenvalue weighted by atomic mass is 10.1. The molecule has 0 bridgehead atoms. The van der Waals surface area contributed by atoms with E-state index in [4.69, 9.17) is 11.0 Å². The molecule has 0 saturated heterocycles. The average molecular weight is 270 g/mol. The van der Waals surface area contributed by atoms with Gasteiger partial charge in [0.15, 0.2) is 0 Å². The fourth-order valence-corrected chi connectivity index (χ4v) is 2.17. The second-order valence-corrected chi connectivity index (χ2v) is 4.62. The number of pyridine rings is 2. The molecule has 0 saturated carbocycles. The van der Waals surface area contributed by atoms with Gasteiger partial charge in [-0.1, -0.05) is 11.8 Å². The van der Waals surface area contributed by atoms with E-state index in [1.807, 2.05) is 12.1 Å². The maximum atomic E-state index is 10.8. The molecule has 0 unspecified atom stereocenters. The highest BCUT2D eigenvalue weighted by Gasteiger charge is 2.09. The second-order valence-electron chi connectivity index (χ2n) is 3.65. The Hall–Kier alpha value is -2.39. The first-order valence-electron chi connectivity index (χ1n) is 5.43. The molecule has 6 heteroatoms. The topological polar surface area (TPSA) is 92.7 Å². The summed E-state index contributed by atoms with van der Waals surface area (Å²) < 4.78 is 0. The first-order valence-corrected chi connectivity index (χ1v) is 6.42. The van der Waals surface area contributed by atoms with Crippen molar-refractivity contribution in [3.05, 3.63) is 42.2 Å². The lowest BCUT2D eigenvalue weighted by molar-refractivity contribution is -0.115. The summed E-state index contributed by atoms with van der Waals surface area (Å²) in [4.78, 5) is 19.1. The van der Waals surface area contributed by atoms with Gasteiger partial charge in [0.2, 0.25) is 5.91 Å². The van der Waals surface area contributed by atoms with Crippen LogP contribution in [0.5, 0.6) is 0 Å². The fraction of sp³-hybridized carbons (Fsp3) is 0.0769. The van der Waals surface area contributed by atoms with Crippen LogP contribution in [0.2, 0.25) is 0 Å². The molecule has 0 aliphatic rings. The normalized spacial score (nSPS) is 9.84. The summed E-state index contributed by atoms with van der Waals surface area (Å²) in [5.74, 6) is -0.341. The Morgan fingerprint density at radius 1 is 1.32 bits per heavy atom. The lowest BCUT2D eigenvalue weighted by Crippen LogP contribution is -2.13. The second kappa shape index (κ2) is 5.98. The van der Waals surface area contributed by atoms with E-state index in [0.29, 0.717) is 10.6 Å². The Morgan fingerprint density at radius 2 is 2.05 bits per heavy atom. The van der Waals surface area contributed by atoms with Crippen molar-refractivity contribution in [3.63, 3.8) is 0 Å². The number of hydrogen-bond acceptors (Lipinski definition) is 5. The van der Waals surface area contributed by atoms with Crippen LogP contribution in [0.25, 0.3) is 11.3 Å². The van der Waals surface area contributed by atoms with E-state index < -0.39 is 5.91 Å². The van der Waals surface area contributed by atoms with Crippen LogP contribution in [-0.2, 0) is 4.79 Å². The summed E-state index contributed by atoms with van der Waals surface area (Å²) in [6, 6.07) is 9.16. The van der Waals surface area contributed by atoms with Crippen molar-refractivity contribution in [3.8, 4) is 17.3 Å². The lowest BCUT2D eigenvalue weighted by Gasteiger charge is -2.05. The van der Waals surface area contributed by atoms with Crippen LogP contribution < -0.4 is 5.73 Å². The third-order valence-corrected chi connectivity index (χ3v) is 3.32. The van der Waals surface area contributed by atoms with Gasteiger partial charge in [-0.25, -0.2) is 4.98 Å². The van der Waals surface area contributed by atoms with Crippen molar-refractivity contribution in [2.24, 2.45) is 5.73 Å². The van der Waals surface area contributed by atoms with Crippen LogP contribution in [0, 0.1) is 11.3 Å². The number of nitriles is 1. The smallest absolute Gasteiger partial charge is 0.227 e. The number of nitrogens with two attached hydrogens (primary N) is 1. The third-order valence-electron chi connectivity index (χ3n) is 2.31. The van der Waals surface area contributed by atoms with Crippen LogP contribution in [0.15, 0.2) is 41.7 Å². The highest BCUT2D eigenvalue weighted by Crippen LogP contribution is 2.24. The van der Waals surface area contributed by atoms with E-state index in [-0.39, 0.29) is 5.75 Å². The first kappa shape index (κ1) is 13.1. The summed E-state index contributed by atoms with van der Waals surface area (Å²) in [6.07, 6.45) is 3.34. The number of thioether (sulfide) groups is 1. The summed E-state index contributed by atoms with van der Waals surface area (Å²) in [7, 11) is 0. The van der Waals surface area contributed by atoms with Crippen molar-refractivity contribution < 1.29 is 4.79 Å². The zero-order chi connectivity index (χ0) is 13.7. The number of carbonyl (C=O) groups is 1. The van der Waals surface area contributed by atoms with Crippen LogP contribution in [0.4, 0.5) is 0 Å². The minimum atomic E-state index is -0.440. The largest absolute Gasteiger partial charge is 0.369 e. The van der Waals surface area contributed by atoms with Gasteiger partial charge < -0.3 is 5.73 Å². The molecule has 2 aromatic heterocycles. The Morgan fingerprint density at radius 3 is 2.68 bits per heavy atom. The average Bonchev–Trinajstić information content (AvgIpc) is 2.45. The summed E-state index contributed by atoms with van der Waals surface area (Å²) >= 11 is 1.16. The zero-order valence-corrected chi connectivity index (χ0v) is 10.7. The molecule has 0 fully saturated rings. The maximum Gasteiger partial charge on any atom is 0.227 e. The number of hydrogen-bond donors (Lipinski definition) is 1. The summed E-state index contributed by atoms with van der Waals surface area (Å²) in [5.41, 5.74) is 7.17. The predicted molar refractivity (Wildman–Crippen MR) is 72.1 cm³/mol. The van der Waals surface area contributed by atoms with Crippen LogP contribution in [-0.4, -0.2) is 21.6 Å². The molecule has 0 atom stereocenters. The van der Waals surface area contributed by atoms with E-state index in [1.165, 1.54) is 0 Å². The molecule has 0 aliphatic heterocycles. The van der Waals surface area contributed by atoms with Crippen molar-refractivity contribution >= 4 is 17.7 Å². The van der Waals surface area contributed by atoms with Crippen LogP contribution in [0.1, 0.15) is 5.56 Å². The Labute approximate surface area is 114 Å². The Bertz CT molecular complexity index is 637. The molecule has 0 radical (unpaired) electrons. The number of rotatable bonds is 4. The van der Waals surface area contributed by atoms with Crippen molar-refractivity contribution in [1.82, 2.24) is 9.97 Å². The van der Waals surface area contributed by atoms with E-state index in [1.54, 1.807) is 24.5 Å². The maximum absolute atomic E-state index is 10.8. The van der Waals surface area contributed by atoms with Gasteiger partial charge in [0, 0.05) is 18.0 Å². The highest BCUT2D eigenvalue weighted by atomic mass is 32.2. The molecule has 0 aromatic carbocycles. The van der Waals surface area contributed by atoms with Crippen molar-refractivity contribution in [1.29, 1.82) is 5.26 Å². The van der Waals surface area contributed by atoms with Gasteiger partial charge in [0.05, 0.1) is 17.0 Å². The van der Waals surface area contributed by atoms with E-state index in [2.05, 4.69) is 16.0 Å². The quantitative estimate of drug-likeness (QED) is 0.852. The molecule has 0 aliphatic carbocycles. The monoisotopic (exact) mass is 270 g/mol. The summed E-state index contributed by atoms with van der Waals surface area (Å²) in [6.45, 7) is 0. The van der Waals surface area contributed by atoms with Gasteiger partial charge in [-0.2, -0.15) is 5.26 Å². The molecule has 2 N–H and O–H groups in total. The van der Waals surface area contributed by atoms with Gasteiger partial charge >= 0.3 is 0 Å². The molecule has 5 nitrogen and oxygen atoms in total.